The van der Waals surface area contributed by atoms with Crippen molar-refractivity contribution in [2.75, 3.05) is 65.4 Å². The van der Waals surface area contributed by atoms with E-state index in [0.717, 1.165) is 38.3 Å². The molecule has 0 radical (unpaired) electrons. The molecule has 0 bridgehead atoms. The summed E-state index contributed by atoms with van der Waals surface area (Å²) in [4.78, 5) is 30.0. The molecule has 0 atom stereocenters. The molecule has 0 saturated carbocycles. The normalized spacial score (nSPS) is 14.8. The summed E-state index contributed by atoms with van der Waals surface area (Å²) in [7, 11) is 3.13. The lowest BCUT2D eigenvalue weighted by Gasteiger charge is -2.33. The lowest BCUT2D eigenvalue weighted by molar-refractivity contribution is -0.117. The molecule has 0 unspecified atom stereocenters. The van der Waals surface area contributed by atoms with Gasteiger partial charge in [-0.1, -0.05) is 13.0 Å². The highest BCUT2D eigenvalue weighted by Crippen LogP contribution is 2.39. The molecule has 2 aromatic rings. The van der Waals surface area contributed by atoms with Crippen LogP contribution in [0.15, 0.2) is 23.6 Å². The van der Waals surface area contributed by atoms with E-state index in [9.17, 15) is 9.59 Å². The maximum atomic E-state index is 12.8. The van der Waals surface area contributed by atoms with Gasteiger partial charge in [-0.2, -0.15) is 0 Å². The van der Waals surface area contributed by atoms with Crippen LogP contribution >= 0.6 is 11.3 Å². The van der Waals surface area contributed by atoms with Gasteiger partial charge < -0.3 is 24.4 Å². The number of esters is 1. The number of anilines is 1. The average Bonchev–Trinajstić information content (AvgIpc) is 3.22. The minimum atomic E-state index is -0.467. The van der Waals surface area contributed by atoms with E-state index in [2.05, 4.69) is 22.0 Å². The highest BCUT2D eigenvalue weighted by Gasteiger charge is 2.25. The number of nitrogens with zero attached hydrogens (tertiary/aromatic N) is 2. The molecular formula is C23H31N3O5S. The van der Waals surface area contributed by atoms with Crippen molar-refractivity contribution >= 4 is 28.2 Å². The molecule has 3 rings (SSSR count). The number of methoxy groups -OCH3 is 2. The number of amides is 1. The van der Waals surface area contributed by atoms with E-state index in [1.165, 1.54) is 11.3 Å². The Hall–Kier alpha value is -2.62. The van der Waals surface area contributed by atoms with E-state index < -0.39 is 5.97 Å². The second kappa shape index (κ2) is 11.3. The Morgan fingerprint density at radius 2 is 1.72 bits per heavy atom. The van der Waals surface area contributed by atoms with Gasteiger partial charge in [-0.15, -0.1) is 11.3 Å². The van der Waals surface area contributed by atoms with Crippen LogP contribution in [0.4, 0.5) is 5.00 Å². The van der Waals surface area contributed by atoms with Gasteiger partial charge in [0.2, 0.25) is 5.91 Å². The highest BCUT2D eigenvalue weighted by molar-refractivity contribution is 7.15. The first-order valence-electron chi connectivity index (χ1n) is 10.8. The van der Waals surface area contributed by atoms with E-state index in [-0.39, 0.29) is 12.5 Å². The van der Waals surface area contributed by atoms with Gasteiger partial charge in [0.05, 0.1) is 27.4 Å². The Labute approximate surface area is 193 Å². The number of rotatable bonds is 9. The second-order valence-electron chi connectivity index (χ2n) is 7.40. The fourth-order valence-electron chi connectivity index (χ4n) is 3.70. The maximum Gasteiger partial charge on any atom is 0.341 e. The topological polar surface area (TPSA) is 80.3 Å². The first-order valence-corrected chi connectivity index (χ1v) is 11.6. The zero-order valence-corrected chi connectivity index (χ0v) is 19.9. The van der Waals surface area contributed by atoms with Gasteiger partial charge in [-0.05, 0) is 31.2 Å². The number of benzene rings is 1. The molecule has 32 heavy (non-hydrogen) atoms. The number of carbonyl (C=O) groups is 2. The number of thiophene rings is 1. The van der Waals surface area contributed by atoms with Crippen molar-refractivity contribution in [1.82, 2.24) is 9.80 Å². The number of nitrogens with one attached hydrogen (secondary N) is 1. The fourth-order valence-corrected chi connectivity index (χ4v) is 4.68. The van der Waals surface area contributed by atoms with Crippen LogP contribution in [0.3, 0.4) is 0 Å². The zero-order chi connectivity index (χ0) is 23.1. The Morgan fingerprint density at radius 3 is 2.34 bits per heavy atom. The second-order valence-corrected chi connectivity index (χ2v) is 8.28. The zero-order valence-electron chi connectivity index (χ0n) is 19.1. The van der Waals surface area contributed by atoms with Crippen molar-refractivity contribution in [3.05, 3.63) is 29.1 Å². The van der Waals surface area contributed by atoms with E-state index in [1.807, 2.05) is 17.5 Å². The molecule has 9 heteroatoms. The first-order chi connectivity index (χ1) is 15.5. The summed E-state index contributed by atoms with van der Waals surface area (Å²) in [6.07, 6.45) is 0. The quantitative estimate of drug-likeness (QED) is 0.575. The molecule has 1 aromatic heterocycles. The highest BCUT2D eigenvalue weighted by atomic mass is 32.1. The lowest BCUT2D eigenvalue weighted by atomic mass is 10.0. The summed E-state index contributed by atoms with van der Waals surface area (Å²) in [6.45, 7) is 9.09. The number of hydrogen-bond acceptors (Lipinski definition) is 8. The largest absolute Gasteiger partial charge is 0.493 e. The van der Waals surface area contributed by atoms with Gasteiger partial charge in [0, 0.05) is 37.1 Å². The van der Waals surface area contributed by atoms with Crippen LogP contribution in [-0.2, 0) is 9.53 Å². The summed E-state index contributed by atoms with van der Waals surface area (Å²) in [5.41, 5.74) is 1.81. The third-order valence-corrected chi connectivity index (χ3v) is 6.39. The van der Waals surface area contributed by atoms with Crippen LogP contribution in [0.25, 0.3) is 11.1 Å². The van der Waals surface area contributed by atoms with Crippen LogP contribution in [0.2, 0.25) is 0 Å². The Bertz CT molecular complexity index is 938. The summed E-state index contributed by atoms with van der Waals surface area (Å²) >= 11 is 1.31. The smallest absolute Gasteiger partial charge is 0.341 e. The monoisotopic (exact) mass is 461 g/mol. The molecule has 2 heterocycles. The number of hydrogen-bond donors (Lipinski definition) is 1. The van der Waals surface area contributed by atoms with Crippen molar-refractivity contribution in [2.45, 2.75) is 13.8 Å². The van der Waals surface area contributed by atoms with Crippen LogP contribution in [0.1, 0.15) is 24.2 Å². The summed E-state index contributed by atoms with van der Waals surface area (Å²) in [5.74, 6) is 0.551. The van der Waals surface area contributed by atoms with Crippen LogP contribution in [0, 0.1) is 0 Å². The molecular weight excluding hydrogens is 430 g/mol. The molecule has 1 aliphatic heterocycles. The molecule has 8 nitrogen and oxygen atoms in total. The molecule has 1 saturated heterocycles. The molecule has 1 N–H and O–H groups in total. The SMILES string of the molecule is CCOC(=O)c1c(-c2ccc(OC)c(OC)c2)csc1NC(=O)CN1CCN(CC)CC1. The van der Waals surface area contributed by atoms with Gasteiger partial charge in [0.15, 0.2) is 11.5 Å². The van der Waals surface area contributed by atoms with Gasteiger partial charge in [0.25, 0.3) is 0 Å². The van der Waals surface area contributed by atoms with Crippen molar-refractivity contribution in [2.24, 2.45) is 0 Å². The van der Waals surface area contributed by atoms with Gasteiger partial charge in [-0.25, -0.2) is 4.79 Å². The minimum absolute atomic E-state index is 0.138. The Morgan fingerprint density at radius 1 is 1.03 bits per heavy atom. The van der Waals surface area contributed by atoms with E-state index in [0.29, 0.717) is 34.2 Å². The number of ether oxygens (including phenoxy) is 3. The predicted octanol–water partition coefficient (Wildman–Crippen LogP) is 3.19. The Balaban J connectivity index is 1.82. The maximum absolute atomic E-state index is 12.8. The standard InChI is InChI=1S/C23H31N3O5S/c1-5-25-9-11-26(12-10-25)14-20(27)24-22-21(23(28)31-6-2)17(15-32-22)16-7-8-18(29-3)19(13-16)30-4/h7-8,13,15H,5-6,9-12,14H2,1-4H3,(H,24,27). The third-order valence-electron chi connectivity index (χ3n) is 5.50. The van der Waals surface area contributed by atoms with Gasteiger partial charge in [-0.3, -0.25) is 9.69 Å². The number of likely N-dealkylation sites (N-methyl/N-ethyl adjacent to an activating group) is 1. The molecule has 0 spiro atoms. The van der Waals surface area contributed by atoms with Crippen molar-refractivity contribution in [3.63, 3.8) is 0 Å². The number of piperazine rings is 1. The molecule has 0 aliphatic carbocycles. The summed E-state index contributed by atoms with van der Waals surface area (Å²) < 4.78 is 16.0. The molecule has 1 fully saturated rings. The van der Waals surface area contributed by atoms with E-state index >= 15 is 0 Å². The Kier molecular flexibility index (Phi) is 8.49. The van der Waals surface area contributed by atoms with E-state index in [4.69, 9.17) is 14.2 Å². The van der Waals surface area contributed by atoms with Crippen molar-refractivity contribution in [3.8, 4) is 22.6 Å². The van der Waals surface area contributed by atoms with Crippen LogP contribution in [0.5, 0.6) is 11.5 Å². The molecule has 1 aliphatic rings. The summed E-state index contributed by atoms with van der Waals surface area (Å²) in [6, 6.07) is 5.45. The lowest BCUT2D eigenvalue weighted by Crippen LogP contribution is -2.48. The number of carbonyl (C=O) groups excluding carboxylic acids is 2. The first kappa shape index (κ1) is 24.0. The van der Waals surface area contributed by atoms with Crippen molar-refractivity contribution in [1.29, 1.82) is 0 Å². The predicted molar refractivity (Wildman–Crippen MR) is 126 cm³/mol. The fraction of sp³-hybridized carbons (Fsp3) is 0.478. The average molecular weight is 462 g/mol. The molecule has 1 amide bonds. The van der Waals surface area contributed by atoms with Gasteiger partial charge >= 0.3 is 5.97 Å². The van der Waals surface area contributed by atoms with Crippen LogP contribution in [-0.4, -0.2) is 81.8 Å². The van der Waals surface area contributed by atoms with Crippen molar-refractivity contribution < 1.29 is 23.8 Å². The van der Waals surface area contributed by atoms with Gasteiger partial charge in [0.1, 0.15) is 10.6 Å². The minimum Gasteiger partial charge on any atom is -0.493 e. The van der Waals surface area contributed by atoms with E-state index in [1.54, 1.807) is 27.2 Å². The summed E-state index contributed by atoms with van der Waals surface area (Å²) in [5, 5.41) is 5.27. The molecule has 174 valence electrons. The third kappa shape index (κ3) is 5.59. The van der Waals surface area contributed by atoms with Crippen LogP contribution < -0.4 is 14.8 Å². The molecule has 1 aromatic carbocycles.